The van der Waals surface area contributed by atoms with Crippen molar-refractivity contribution in [2.75, 3.05) is 11.1 Å². The Morgan fingerprint density at radius 3 is 2.47 bits per heavy atom. The van der Waals surface area contributed by atoms with Crippen LogP contribution in [0.15, 0.2) is 16.6 Å². The zero-order valence-corrected chi connectivity index (χ0v) is 12.8. The Balaban J connectivity index is 2.32. The van der Waals surface area contributed by atoms with E-state index in [-0.39, 0.29) is 5.69 Å². The van der Waals surface area contributed by atoms with Gasteiger partial charge in [0.05, 0.1) is 27.1 Å². The number of aromatic nitrogens is 2. The number of nitrogen functional groups attached to an aromatic ring is 1. The number of H-pyrrole nitrogens is 1. The molecule has 0 aliphatic heterocycles. The fourth-order valence-corrected chi connectivity index (χ4v) is 2.75. The molecule has 1 amide bonds. The number of nitrogens with zero attached hydrogens (tertiary/aromatic N) is 1. The van der Waals surface area contributed by atoms with E-state index in [1.807, 2.05) is 0 Å². The van der Waals surface area contributed by atoms with Crippen LogP contribution in [0.25, 0.3) is 0 Å². The van der Waals surface area contributed by atoms with Gasteiger partial charge >= 0.3 is 0 Å². The maximum atomic E-state index is 12.0. The quantitative estimate of drug-likeness (QED) is 0.761. The van der Waals surface area contributed by atoms with E-state index >= 15 is 0 Å². The summed E-state index contributed by atoms with van der Waals surface area (Å²) in [6.07, 6.45) is 0. The van der Waals surface area contributed by atoms with E-state index in [1.54, 1.807) is 19.1 Å². The molecule has 2 rings (SSSR count). The summed E-state index contributed by atoms with van der Waals surface area (Å²) >= 11 is 15.3. The van der Waals surface area contributed by atoms with Gasteiger partial charge in [0.15, 0.2) is 5.69 Å². The number of benzene rings is 1. The minimum atomic E-state index is -0.479. The number of nitrogens with one attached hydrogen (secondary N) is 2. The molecule has 0 bridgehead atoms. The van der Waals surface area contributed by atoms with Crippen molar-refractivity contribution in [1.29, 1.82) is 0 Å². The molecule has 8 heteroatoms. The lowest BCUT2D eigenvalue weighted by molar-refractivity contribution is 0.102. The first kappa shape index (κ1) is 14.2. The van der Waals surface area contributed by atoms with Crippen LogP contribution in [0.5, 0.6) is 0 Å². The number of halogens is 3. The molecule has 0 fully saturated rings. The number of hydrogen-bond acceptors (Lipinski definition) is 3. The fourth-order valence-electron chi connectivity index (χ4n) is 1.45. The number of anilines is 2. The third-order valence-corrected chi connectivity index (χ3v) is 3.51. The minimum Gasteiger partial charge on any atom is -0.395 e. The monoisotopic (exact) mass is 362 g/mol. The molecular weight excluding hydrogens is 355 g/mol. The van der Waals surface area contributed by atoms with Crippen molar-refractivity contribution in [3.8, 4) is 0 Å². The van der Waals surface area contributed by atoms with Gasteiger partial charge in [-0.15, -0.1) is 0 Å². The van der Waals surface area contributed by atoms with Gasteiger partial charge in [0.1, 0.15) is 0 Å². The molecule has 1 heterocycles. The zero-order valence-electron chi connectivity index (χ0n) is 9.72. The Bertz CT molecular complexity index is 633. The van der Waals surface area contributed by atoms with Crippen LogP contribution >= 0.6 is 39.1 Å². The topological polar surface area (TPSA) is 83.8 Å². The van der Waals surface area contributed by atoms with Gasteiger partial charge in [0.25, 0.3) is 5.91 Å². The lowest BCUT2D eigenvalue weighted by atomic mass is 10.2. The van der Waals surface area contributed by atoms with Crippen molar-refractivity contribution in [3.05, 3.63) is 38.0 Å². The van der Waals surface area contributed by atoms with Crippen molar-refractivity contribution >= 4 is 56.4 Å². The average molecular weight is 364 g/mol. The van der Waals surface area contributed by atoms with Crippen molar-refractivity contribution in [1.82, 2.24) is 10.2 Å². The highest BCUT2D eigenvalue weighted by Gasteiger charge is 2.18. The van der Waals surface area contributed by atoms with Gasteiger partial charge in [0.2, 0.25) is 0 Å². The molecular formula is C11H9BrCl2N4O. The summed E-state index contributed by atoms with van der Waals surface area (Å²) in [7, 11) is 0. The maximum Gasteiger partial charge on any atom is 0.278 e. The Morgan fingerprint density at radius 2 is 2.00 bits per heavy atom. The lowest BCUT2D eigenvalue weighted by Gasteiger charge is -2.09. The van der Waals surface area contributed by atoms with Gasteiger partial charge in [-0.25, -0.2) is 0 Å². The van der Waals surface area contributed by atoms with Crippen LogP contribution in [0, 0.1) is 6.92 Å². The summed E-state index contributed by atoms with van der Waals surface area (Å²) in [6, 6.07) is 3.25. The average Bonchev–Trinajstić information content (AvgIpc) is 2.64. The second kappa shape index (κ2) is 5.40. The molecule has 0 saturated heterocycles. The Kier molecular flexibility index (Phi) is 4.03. The summed E-state index contributed by atoms with van der Waals surface area (Å²) in [5.74, 6) is -0.479. The highest BCUT2D eigenvalue weighted by molar-refractivity contribution is 9.10. The molecule has 0 radical (unpaired) electrons. The third-order valence-electron chi connectivity index (χ3n) is 2.46. The van der Waals surface area contributed by atoms with Crippen LogP contribution in [-0.2, 0) is 0 Å². The van der Waals surface area contributed by atoms with E-state index in [0.29, 0.717) is 27.1 Å². The molecule has 0 unspecified atom stereocenters. The van der Waals surface area contributed by atoms with E-state index in [4.69, 9.17) is 28.9 Å². The summed E-state index contributed by atoms with van der Waals surface area (Å²) in [5.41, 5.74) is 7.07. The van der Waals surface area contributed by atoms with E-state index in [2.05, 4.69) is 31.4 Å². The molecule has 4 N–H and O–H groups in total. The van der Waals surface area contributed by atoms with E-state index in [0.717, 1.165) is 4.47 Å². The molecule has 100 valence electrons. The molecule has 0 spiro atoms. The first-order valence-electron chi connectivity index (χ1n) is 5.16. The molecule has 0 aliphatic carbocycles. The number of carbonyl (C=O) groups excluding carboxylic acids is 1. The van der Waals surface area contributed by atoms with Crippen molar-refractivity contribution in [2.45, 2.75) is 6.92 Å². The van der Waals surface area contributed by atoms with Crippen LogP contribution in [-0.4, -0.2) is 16.1 Å². The summed E-state index contributed by atoms with van der Waals surface area (Å²) in [6.45, 7) is 1.72. The largest absolute Gasteiger partial charge is 0.395 e. The standard InChI is InChI=1S/C11H9BrCl2N4O/c1-4-8(15)10(18-17-4)11(19)16-9-6(13)2-5(12)3-7(9)14/h2-3H,15H2,1H3,(H,16,19)(H,17,18). The predicted molar refractivity (Wildman–Crippen MR) is 79.9 cm³/mol. The summed E-state index contributed by atoms with van der Waals surface area (Å²) in [4.78, 5) is 12.0. The van der Waals surface area contributed by atoms with Gasteiger partial charge in [-0.1, -0.05) is 39.1 Å². The van der Waals surface area contributed by atoms with Gasteiger partial charge in [-0.3, -0.25) is 9.89 Å². The third kappa shape index (κ3) is 2.86. The number of aryl methyl sites for hydroxylation is 1. The fraction of sp³-hybridized carbons (Fsp3) is 0.0909. The van der Waals surface area contributed by atoms with Crippen molar-refractivity contribution in [2.24, 2.45) is 0 Å². The zero-order chi connectivity index (χ0) is 14.2. The van der Waals surface area contributed by atoms with Crippen molar-refractivity contribution < 1.29 is 4.79 Å². The summed E-state index contributed by atoms with van der Waals surface area (Å²) < 4.78 is 0.718. The number of rotatable bonds is 2. The number of aromatic amines is 1. The van der Waals surface area contributed by atoms with Gasteiger partial charge in [-0.05, 0) is 19.1 Å². The Morgan fingerprint density at radius 1 is 1.42 bits per heavy atom. The van der Waals surface area contributed by atoms with E-state index < -0.39 is 5.91 Å². The summed E-state index contributed by atoms with van der Waals surface area (Å²) in [5, 5.41) is 9.69. The van der Waals surface area contributed by atoms with Crippen LogP contribution in [0.1, 0.15) is 16.2 Å². The first-order chi connectivity index (χ1) is 8.90. The molecule has 0 saturated carbocycles. The molecule has 1 aromatic carbocycles. The van der Waals surface area contributed by atoms with E-state index in [1.165, 1.54) is 0 Å². The van der Waals surface area contributed by atoms with Crippen LogP contribution < -0.4 is 11.1 Å². The molecule has 1 aromatic heterocycles. The van der Waals surface area contributed by atoms with Gasteiger partial charge in [0, 0.05) is 4.47 Å². The first-order valence-corrected chi connectivity index (χ1v) is 6.71. The van der Waals surface area contributed by atoms with Crippen LogP contribution in [0.4, 0.5) is 11.4 Å². The Labute approximate surface area is 127 Å². The molecule has 0 atom stereocenters. The lowest BCUT2D eigenvalue weighted by Crippen LogP contribution is -2.15. The number of hydrogen-bond donors (Lipinski definition) is 3. The smallest absolute Gasteiger partial charge is 0.278 e. The second-order valence-electron chi connectivity index (χ2n) is 3.81. The van der Waals surface area contributed by atoms with Crippen molar-refractivity contribution in [3.63, 3.8) is 0 Å². The van der Waals surface area contributed by atoms with Gasteiger partial charge in [-0.2, -0.15) is 5.10 Å². The van der Waals surface area contributed by atoms with E-state index in [9.17, 15) is 4.79 Å². The van der Waals surface area contributed by atoms with Crippen LogP contribution in [0.2, 0.25) is 10.0 Å². The maximum absolute atomic E-state index is 12.0. The minimum absolute atomic E-state index is 0.104. The molecule has 0 aliphatic rings. The number of amides is 1. The SMILES string of the molecule is Cc1[nH]nc(C(=O)Nc2c(Cl)cc(Br)cc2Cl)c1N. The molecule has 2 aromatic rings. The Hall–Kier alpha value is -1.24. The second-order valence-corrected chi connectivity index (χ2v) is 5.54. The molecule has 5 nitrogen and oxygen atoms in total. The predicted octanol–water partition coefficient (Wildman–Crippen LogP) is 3.62. The number of carbonyl (C=O) groups is 1. The van der Waals surface area contributed by atoms with Gasteiger partial charge < -0.3 is 11.1 Å². The highest BCUT2D eigenvalue weighted by Crippen LogP contribution is 2.34. The number of nitrogens with two attached hydrogens (primary N) is 1. The van der Waals surface area contributed by atoms with Crippen LogP contribution in [0.3, 0.4) is 0 Å². The molecule has 19 heavy (non-hydrogen) atoms. The highest BCUT2D eigenvalue weighted by atomic mass is 79.9. The normalized spacial score (nSPS) is 10.5.